The molecule has 1 unspecified atom stereocenters. The van der Waals surface area contributed by atoms with Crippen LogP contribution in [0.15, 0.2) is 18.3 Å². The highest BCUT2D eigenvalue weighted by Gasteiger charge is 2.15. The second-order valence-corrected chi connectivity index (χ2v) is 4.95. The Morgan fingerprint density at radius 1 is 1.22 bits per heavy atom. The molecular formula is C15H21NO2. The van der Waals surface area contributed by atoms with Gasteiger partial charge in [-0.25, -0.2) is 0 Å². The fourth-order valence-electron chi connectivity index (χ4n) is 2.56. The van der Waals surface area contributed by atoms with Crippen molar-refractivity contribution in [3.8, 4) is 0 Å². The number of rotatable bonds is 4. The molecule has 0 saturated heterocycles. The van der Waals surface area contributed by atoms with Crippen LogP contribution in [0.5, 0.6) is 0 Å². The van der Waals surface area contributed by atoms with Crippen LogP contribution in [0.25, 0.3) is 10.9 Å². The van der Waals surface area contributed by atoms with Gasteiger partial charge in [0.2, 0.25) is 0 Å². The highest BCUT2D eigenvalue weighted by atomic mass is 16.3. The number of fused-ring (bicyclic) bond motifs is 1. The molecule has 1 aromatic carbocycles. The van der Waals surface area contributed by atoms with Crippen LogP contribution in [0.1, 0.15) is 36.1 Å². The average molecular weight is 247 g/mol. The summed E-state index contributed by atoms with van der Waals surface area (Å²) in [6.45, 7) is 6.93. The fourth-order valence-corrected chi connectivity index (χ4v) is 2.56. The molecule has 0 amide bonds. The zero-order valence-corrected chi connectivity index (χ0v) is 11.3. The molecule has 0 saturated carbocycles. The largest absolute Gasteiger partial charge is 0.396 e. The Bertz CT molecular complexity index is 555. The van der Waals surface area contributed by atoms with Crippen molar-refractivity contribution in [3.63, 3.8) is 0 Å². The van der Waals surface area contributed by atoms with Gasteiger partial charge in [0, 0.05) is 30.3 Å². The van der Waals surface area contributed by atoms with Crippen molar-refractivity contribution >= 4 is 10.9 Å². The lowest BCUT2D eigenvalue weighted by atomic mass is 10.0. The third-order valence-corrected chi connectivity index (χ3v) is 3.47. The van der Waals surface area contributed by atoms with Crippen molar-refractivity contribution in [1.29, 1.82) is 0 Å². The molecular weight excluding hydrogens is 226 g/mol. The lowest BCUT2D eigenvalue weighted by Gasteiger charge is -2.08. The van der Waals surface area contributed by atoms with Crippen LogP contribution >= 0.6 is 0 Å². The van der Waals surface area contributed by atoms with E-state index in [1.54, 1.807) is 6.92 Å². The third kappa shape index (κ3) is 2.16. The standard InChI is InChI=1S/C15H21NO2/c1-10-5-6-11(2)15-14(10)13(12(3)18)9-16(15)7-4-8-17/h5-6,9,12,17-18H,4,7-8H2,1-3H3. The highest BCUT2D eigenvalue weighted by molar-refractivity contribution is 5.90. The first-order valence-electron chi connectivity index (χ1n) is 6.44. The molecule has 0 radical (unpaired) electrons. The van der Waals surface area contributed by atoms with Crippen molar-refractivity contribution in [2.45, 2.75) is 39.8 Å². The van der Waals surface area contributed by atoms with Crippen LogP contribution in [0.3, 0.4) is 0 Å². The van der Waals surface area contributed by atoms with E-state index < -0.39 is 6.10 Å². The molecule has 1 heterocycles. The van der Waals surface area contributed by atoms with Crippen molar-refractivity contribution in [1.82, 2.24) is 4.57 Å². The number of hydrogen-bond donors (Lipinski definition) is 2. The van der Waals surface area contributed by atoms with E-state index in [0.29, 0.717) is 0 Å². The van der Waals surface area contributed by atoms with Crippen LogP contribution in [-0.4, -0.2) is 21.4 Å². The Morgan fingerprint density at radius 3 is 2.50 bits per heavy atom. The Kier molecular flexibility index (Phi) is 3.73. The fraction of sp³-hybridized carbons (Fsp3) is 0.467. The molecule has 0 spiro atoms. The van der Waals surface area contributed by atoms with Gasteiger partial charge >= 0.3 is 0 Å². The molecule has 0 aliphatic rings. The topological polar surface area (TPSA) is 45.4 Å². The lowest BCUT2D eigenvalue weighted by Crippen LogP contribution is -1.99. The van der Waals surface area contributed by atoms with E-state index in [0.717, 1.165) is 23.9 Å². The zero-order chi connectivity index (χ0) is 13.3. The summed E-state index contributed by atoms with van der Waals surface area (Å²) in [5, 5.41) is 20.0. The van der Waals surface area contributed by atoms with Crippen LogP contribution in [0.2, 0.25) is 0 Å². The number of aliphatic hydroxyl groups excluding tert-OH is 2. The zero-order valence-electron chi connectivity index (χ0n) is 11.3. The van der Waals surface area contributed by atoms with E-state index >= 15 is 0 Å². The Hall–Kier alpha value is -1.32. The average Bonchev–Trinajstić information content (AvgIpc) is 2.72. The van der Waals surface area contributed by atoms with E-state index in [9.17, 15) is 5.11 Å². The summed E-state index contributed by atoms with van der Waals surface area (Å²) in [4.78, 5) is 0. The van der Waals surface area contributed by atoms with Gasteiger partial charge < -0.3 is 14.8 Å². The van der Waals surface area contributed by atoms with E-state index in [-0.39, 0.29) is 6.61 Å². The number of aryl methyl sites for hydroxylation is 3. The predicted octanol–water partition coefficient (Wildman–Crippen LogP) is 2.69. The van der Waals surface area contributed by atoms with Crippen LogP contribution < -0.4 is 0 Å². The van der Waals surface area contributed by atoms with Gasteiger partial charge in [0.15, 0.2) is 0 Å². The van der Waals surface area contributed by atoms with Crippen molar-refractivity contribution in [2.75, 3.05) is 6.61 Å². The van der Waals surface area contributed by atoms with Crippen molar-refractivity contribution in [2.24, 2.45) is 0 Å². The van der Waals surface area contributed by atoms with Crippen molar-refractivity contribution in [3.05, 3.63) is 35.0 Å². The van der Waals surface area contributed by atoms with Gasteiger partial charge in [-0.1, -0.05) is 12.1 Å². The minimum absolute atomic E-state index is 0.189. The molecule has 0 aliphatic heterocycles. The molecule has 18 heavy (non-hydrogen) atoms. The van der Waals surface area contributed by atoms with Gasteiger partial charge in [0.1, 0.15) is 0 Å². The summed E-state index contributed by atoms with van der Waals surface area (Å²) in [7, 11) is 0. The highest BCUT2D eigenvalue weighted by Crippen LogP contribution is 2.31. The van der Waals surface area contributed by atoms with Gasteiger partial charge in [-0.05, 0) is 38.3 Å². The SMILES string of the molecule is Cc1ccc(C)c2c1c(C(C)O)cn2CCCO. The Labute approximate surface area is 108 Å². The number of benzene rings is 1. The normalized spacial score (nSPS) is 13.2. The molecule has 0 bridgehead atoms. The molecule has 2 aromatic rings. The monoisotopic (exact) mass is 247 g/mol. The molecule has 98 valence electrons. The van der Waals surface area contributed by atoms with Gasteiger partial charge in [-0.3, -0.25) is 0 Å². The maximum absolute atomic E-state index is 9.91. The number of nitrogens with zero attached hydrogens (tertiary/aromatic N) is 1. The Balaban J connectivity index is 2.68. The summed E-state index contributed by atoms with van der Waals surface area (Å²) < 4.78 is 2.15. The summed E-state index contributed by atoms with van der Waals surface area (Å²) in [5.41, 5.74) is 4.55. The Morgan fingerprint density at radius 2 is 1.89 bits per heavy atom. The second-order valence-electron chi connectivity index (χ2n) is 4.95. The molecule has 1 atom stereocenters. The first kappa shape index (κ1) is 13.1. The first-order chi connectivity index (χ1) is 8.56. The summed E-state index contributed by atoms with van der Waals surface area (Å²) >= 11 is 0. The number of aliphatic hydroxyl groups is 2. The smallest absolute Gasteiger partial charge is 0.0782 e. The van der Waals surface area contributed by atoms with E-state index in [2.05, 4.69) is 30.5 Å². The quantitative estimate of drug-likeness (QED) is 0.872. The molecule has 3 nitrogen and oxygen atoms in total. The number of aromatic nitrogens is 1. The number of hydrogen-bond acceptors (Lipinski definition) is 2. The lowest BCUT2D eigenvalue weighted by molar-refractivity contribution is 0.200. The molecule has 1 aromatic heterocycles. The molecule has 0 aliphatic carbocycles. The van der Waals surface area contributed by atoms with Gasteiger partial charge in [0.05, 0.1) is 11.6 Å². The second kappa shape index (κ2) is 5.12. The van der Waals surface area contributed by atoms with Gasteiger partial charge in [-0.15, -0.1) is 0 Å². The minimum Gasteiger partial charge on any atom is -0.396 e. The van der Waals surface area contributed by atoms with Crippen LogP contribution in [0.4, 0.5) is 0 Å². The van der Waals surface area contributed by atoms with Crippen molar-refractivity contribution < 1.29 is 10.2 Å². The predicted molar refractivity (Wildman–Crippen MR) is 73.7 cm³/mol. The molecule has 2 rings (SSSR count). The van der Waals surface area contributed by atoms with Gasteiger partial charge in [0.25, 0.3) is 0 Å². The first-order valence-corrected chi connectivity index (χ1v) is 6.44. The molecule has 0 fully saturated rings. The summed E-state index contributed by atoms with van der Waals surface area (Å²) in [5.74, 6) is 0. The van der Waals surface area contributed by atoms with E-state index in [1.807, 2.05) is 6.20 Å². The van der Waals surface area contributed by atoms with Crippen LogP contribution in [0, 0.1) is 13.8 Å². The van der Waals surface area contributed by atoms with Crippen LogP contribution in [-0.2, 0) is 6.54 Å². The summed E-state index contributed by atoms with van der Waals surface area (Å²) in [6.07, 6.45) is 2.28. The van der Waals surface area contributed by atoms with Gasteiger partial charge in [-0.2, -0.15) is 0 Å². The van der Waals surface area contributed by atoms with E-state index in [1.165, 1.54) is 16.6 Å². The maximum Gasteiger partial charge on any atom is 0.0782 e. The molecule has 2 N–H and O–H groups in total. The molecule has 3 heteroatoms. The van der Waals surface area contributed by atoms with E-state index in [4.69, 9.17) is 5.11 Å². The third-order valence-electron chi connectivity index (χ3n) is 3.47. The summed E-state index contributed by atoms with van der Waals surface area (Å²) in [6, 6.07) is 4.21. The maximum atomic E-state index is 9.91. The minimum atomic E-state index is -0.469.